The Bertz CT molecular complexity index is 167. The molecule has 1 atom stereocenters. The molecular formula is C19H40O. The molecule has 0 heterocycles. The standard InChI is InChI=1S/C19H40O/c1-3-5-7-9-10-11-12-13-14-16-18-19(20)17-15-8-6-4-2/h19-20H,3-18H2,1-2H3/t19-/m1/s1. The van der Waals surface area contributed by atoms with Gasteiger partial charge in [-0.2, -0.15) is 0 Å². The highest BCUT2D eigenvalue weighted by Gasteiger charge is 2.03. The van der Waals surface area contributed by atoms with Gasteiger partial charge in [0.1, 0.15) is 0 Å². The van der Waals surface area contributed by atoms with Crippen LogP contribution in [-0.2, 0) is 0 Å². The first kappa shape index (κ1) is 20.0. The highest BCUT2D eigenvalue weighted by Crippen LogP contribution is 2.14. The van der Waals surface area contributed by atoms with E-state index in [1.807, 2.05) is 0 Å². The number of hydrogen-bond acceptors (Lipinski definition) is 1. The highest BCUT2D eigenvalue weighted by atomic mass is 16.3. The van der Waals surface area contributed by atoms with Gasteiger partial charge >= 0.3 is 0 Å². The summed E-state index contributed by atoms with van der Waals surface area (Å²) in [5.41, 5.74) is 0. The van der Waals surface area contributed by atoms with Gasteiger partial charge in [0.15, 0.2) is 0 Å². The van der Waals surface area contributed by atoms with E-state index in [0.29, 0.717) is 0 Å². The maximum atomic E-state index is 9.87. The Morgan fingerprint density at radius 2 is 0.800 bits per heavy atom. The van der Waals surface area contributed by atoms with Crippen LogP contribution in [0.4, 0.5) is 0 Å². The molecule has 122 valence electrons. The van der Waals surface area contributed by atoms with Gasteiger partial charge in [-0.1, -0.05) is 104 Å². The molecule has 0 bridgehead atoms. The third-order valence-corrected chi connectivity index (χ3v) is 4.28. The summed E-state index contributed by atoms with van der Waals surface area (Å²) in [5, 5.41) is 9.87. The van der Waals surface area contributed by atoms with Crippen LogP contribution in [0.3, 0.4) is 0 Å². The molecule has 0 saturated heterocycles. The quantitative estimate of drug-likeness (QED) is 0.315. The SMILES string of the molecule is CCCCCCCCCCCC[C@H](O)CCCCCC. The van der Waals surface area contributed by atoms with Gasteiger partial charge in [0.25, 0.3) is 0 Å². The van der Waals surface area contributed by atoms with Gasteiger partial charge in [0, 0.05) is 0 Å². The molecule has 0 aliphatic carbocycles. The van der Waals surface area contributed by atoms with Gasteiger partial charge in [0.2, 0.25) is 0 Å². The number of aliphatic hydroxyl groups excluding tert-OH is 1. The fourth-order valence-corrected chi connectivity index (χ4v) is 2.82. The molecule has 0 amide bonds. The van der Waals surface area contributed by atoms with Crippen LogP contribution in [0.5, 0.6) is 0 Å². The Labute approximate surface area is 128 Å². The first-order valence-electron chi connectivity index (χ1n) is 9.49. The summed E-state index contributed by atoms with van der Waals surface area (Å²) in [6, 6.07) is 0. The summed E-state index contributed by atoms with van der Waals surface area (Å²) in [4.78, 5) is 0. The normalized spacial score (nSPS) is 12.8. The third kappa shape index (κ3) is 16.0. The van der Waals surface area contributed by atoms with Crippen molar-refractivity contribution in [2.75, 3.05) is 0 Å². The lowest BCUT2D eigenvalue weighted by atomic mass is 10.0. The molecule has 0 fully saturated rings. The number of unbranched alkanes of at least 4 members (excludes halogenated alkanes) is 12. The highest BCUT2D eigenvalue weighted by molar-refractivity contribution is 4.57. The Kier molecular flexibility index (Phi) is 17.0. The summed E-state index contributed by atoms with van der Waals surface area (Å²) in [5.74, 6) is 0. The zero-order valence-corrected chi connectivity index (χ0v) is 14.3. The van der Waals surface area contributed by atoms with E-state index in [2.05, 4.69) is 13.8 Å². The predicted octanol–water partition coefficient (Wildman–Crippen LogP) is 6.63. The van der Waals surface area contributed by atoms with Crippen LogP contribution < -0.4 is 0 Å². The number of hydrogen-bond donors (Lipinski definition) is 1. The van der Waals surface area contributed by atoms with Crippen LogP contribution in [0.15, 0.2) is 0 Å². The summed E-state index contributed by atoms with van der Waals surface area (Å²) < 4.78 is 0. The lowest BCUT2D eigenvalue weighted by Crippen LogP contribution is -2.05. The lowest BCUT2D eigenvalue weighted by molar-refractivity contribution is 0.147. The minimum absolute atomic E-state index is 0.0269. The molecule has 0 spiro atoms. The molecule has 0 rings (SSSR count). The largest absolute Gasteiger partial charge is 0.393 e. The predicted molar refractivity (Wildman–Crippen MR) is 91.2 cm³/mol. The molecule has 0 aromatic heterocycles. The number of aliphatic hydroxyl groups is 1. The van der Waals surface area contributed by atoms with Crippen molar-refractivity contribution in [2.45, 2.75) is 123 Å². The molecule has 1 nitrogen and oxygen atoms in total. The van der Waals surface area contributed by atoms with Gasteiger partial charge in [-0.15, -0.1) is 0 Å². The first-order valence-corrected chi connectivity index (χ1v) is 9.49. The van der Waals surface area contributed by atoms with E-state index >= 15 is 0 Å². The van der Waals surface area contributed by atoms with E-state index in [0.717, 1.165) is 12.8 Å². The third-order valence-electron chi connectivity index (χ3n) is 4.28. The van der Waals surface area contributed by atoms with Gasteiger partial charge in [0.05, 0.1) is 6.10 Å². The summed E-state index contributed by atoms with van der Waals surface area (Å²) in [7, 11) is 0. The van der Waals surface area contributed by atoms with E-state index in [1.54, 1.807) is 0 Å². The Morgan fingerprint density at radius 3 is 1.20 bits per heavy atom. The lowest BCUT2D eigenvalue weighted by Gasteiger charge is -2.10. The van der Waals surface area contributed by atoms with Gasteiger partial charge in [-0.25, -0.2) is 0 Å². The zero-order chi connectivity index (χ0) is 14.9. The second-order valence-electron chi connectivity index (χ2n) is 6.47. The van der Waals surface area contributed by atoms with Crippen molar-refractivity contribution >= 4 is 0 Å². The fourth-order valence-electron chi connectivity index (χ4n) is 2.82. The molecule has 0 aliphatic rings. The van der Waals surface area contributed by atoms with E-state index in [-0.39, 0.29) is 6.10 Å². The average Bonchev–Trinajstić information content (AvgIpc) is 2.45. The molecule has 1 N–H and O–H groups in total. The Hall–Kier alpha value is -0.0400. The second kappa shape index (κ2) is 17.0. The molecule has 0 aliphatic heterocycles. The van der Waals surface area contributed by atoms with Crippen molar-refractivity contribution in [1.29, 1.82) is 0 Å². The summed E-state index contributed by atoms with van der Waals surface area (Å²) >= 11 is 0. The van der Waals surface area contributed by atoms with Gasteiger partial charge < -0.3 is 5.11 Å². The van der Waals surface area contributed by atoms with Crippen LogP contribution in [-0.4, -0.2) is 11.2 Å². The monoisotopic (exact) mass is 284 g/mol. The van der Waals surface area contributed by atoms with Crippen LogP contribution in [0.25, 0.3) is 0 Å². The van der Waals surface area contributed by atoms with Crippen LogP contribution >= 0.6 is 0 Å². The van der Waals surface area contributed by atoms with Crippen molar-refractivity contribution in [1.82, 2.24) is 0 Å². The second-order valence-corrected chi connectivity index (χ2v) is 6.47. The average molecular weight is 285 g/mol. The molecule has 0 saturated carbocycles. The van der Waals surface area contributed by atoms with Crippen molar-refractivity contribution in [3.05, 3.63) is 0 Å². The Balaban J connectivity index is 3.07. The van der Waals surface area contributed by atoms with Crippen molar-refractivity contribution in [3.63, 3.8) is 0 Å². The molecule has 1 heteroatoms. The first-order chi connectivity index (χ1) is 9.81. The van der Waals surface area contributed by atoms with E-state index in [9.17, 15) is 5.11 Å². The van der Waals surface area contributed by atoms with Crippen molar-refractivity contribution < 1.29 is 5.11 Å². The molecule has 0 radical (unpaired) electrons. The van der Waals surface area contributed by atoms with E-state index < -0.39 is 0 Å². The van der Waals surface area contributed by atoms with Crippen LogP contribution in [0.1, 0.15) is 117 Å². The van der Waals surface area contributed by atoms with E-state index in [4.69, 9.17) is 0 Å². The van der Waals surface area contributed by atoms with Crippen LogP contribution in [0, 0.1) is 0 Å². The Morgan fingerprint density at radius 1 is 0.500 bits per heavy atom. The smallest absolute Gasteiger partial charge is 0.0540 e. The summed E-state index contributed by atoms with van der Waals surface area (Å²) in [6.45, 7) is 4.51. The van der Waals surface area contributed by atoms with Crippen molar-refractivity contribution in [2.24, 2.45) is 0 Å². The van der Waals surface area contributed by atoms with Gasteiger partial charge in [-0.3, -0.25) is 0 Å². The molecule has 0 aromatic carbocycles. The van der Waals surface area contributed by atoms with Crippen molar-refractivity contribution in [3.8, 4) is 0 Å². The maximum Gasteiger partial charge on any atom is 0.0540 e. The minimum atomic E-state index is -0.0269. The molecule has 0 unspecified atom stereocenters. The minimum Gasteiger partial charge on any atom is -0.393 e. The topological polar surface area (TPSA) is 20.2 Å². The van der Waals surface area contributed by atoms with E-state index in [1.165, 1.54) is 89.9 Å². The fraction of sp³-hybridized carbons (Fsp3) is 1.00. The maximum absolute atomic E-state index is 9.87. The zero-order valence-electron chi connectivity index (χ0n) is 14.3. The number of rotatable bonds is 16. The van der Waals surface area contributed by atoms with Gasteiger partial charge in [-0.05, 0) is 12.8 Å². The molecule has 0 aromatic rings. The van der Waals surface area contributed by atoms with Crippen LogP contribution in [0.2, 0.25) is 0 Å². The molecular weight excluding hydrogens is 244 g/mol. The summed E-state index contributed by atoms with van der Waals surface area (Å²) in [6.07, 6.45) is 20.9. The molecule has 20 heavy (non-hydrogen) atoms.